The zero-order chi connectivity index (χ0) is 20.3. The van der Waals surface area contributed by atoms with Gasteiger partial charge in [-0.05, 0) is 47.6 Å². The second-order valence-electron chi connectivity index (χ2n) is 9.87. The van der Waals surface area contributed by atoms with Gasteiger partial charge in [-0.1, -0.05) is 50.3 Å². The molecule has 2 fully saturated rings. The van der Waals surface area contributed by atoms with Crippen LogP contribution in [0.15, 0.2) is 42.0 Å². The minimum absolute atomic E-state index is 0.391. The van der Waals surface area contributed by atoms with Crippen LogP contribution in [0.5, 0.6) is 0 Å². The lowest BCUT2D eigenvalue weighted by Gasteiger charge is -2.56. The van der Waals surface area contributed by atoms with Crippen LogP contribution < -0.4 is 0 Å². The molecule has 4 nitrogen and oxygen atoms in total. The van der Waals surface area contributed by atoms with Crippen LogP contribution in [0, 0.1) is 17.3 Å². The normalized spacial score (nSPS) is 27.9. The molecule has 1 saturated carbocycles. The molecule has 160 valence electrons. The summed E-state index contributed by atoms with van der Waals surface area (Å²) in [5.74, 6) is 1.57. The molecule has 1 saturated heterocycles. The SMILES string of the molecule is CC1(C)C2CC=C(COCC(O)CN3CCN(CCc4ccccc4)CC3)C1C2. The van der Waals surface area contributed by atoms with E-state index < -0.39 is 6.10 Å². The number of rotatable bonds is 9. The summed E-state index contributed by atoms with van der Waals surface area (Å²) >= 11 is 0. The topological polar surface area (TPSA) is 35.9 Å². The predicted molar refractivity (Wildman–Crippen MR) is 118 cm³/mol. The van der Waals surface area contributed by atoms with Crippen molar-refractivity contribution in [2.24, 2.45) is 17.3 Å². The minimum atomic E-state index is -0.391. The summed E-state index contributed by atoms with van der Waals surface area (Å²) in [6.45, 7) is 12.0. The first-order valence-electron chi connectivity index (χ1n) is 11.5. The molecule has 0 radical (unpaired) electrons. The fraction of sp³-hybridized carbons (Fsp3) is 0.680. The molecule has 4 heteroatoms. The summed E-state index contributed by atoms with van der Waals surface area (Å²) in [6.07, 6.45) is 5.66. The molecule has 0 spiro atoms. The van der Waals surface area contributed by atoms with Crippen molar-refractivity contribution in [1.29, 1.82) is 0 Å². The monoisotopic (exact) mass is 398 g/mol. The first kappa shape index (κ1) is 21.0. The van der Waals surface area contributed by atoms with Crippen molar-refractivity contribution in [1.82, 2.24) is 9.80 Å². The summed E-state index contributed by atoms with van der Waals surface area (Å²) in [6, 6.07) is 10.7. The van der Waals surface area contributed by atoms with Crippen LogP contribution in [0.1, 0.15) is 32.3 Å². The standard InChI is InChI=1S/C25H38N2O2/c1-25(2)22-9-8-21(24(25)16-22)18-29-19-23(28)17-27-14-12-26(13-15-27)11-10-20-6-4-3-5-7-20/h3-8,22-24,28H,9-19H2,1-2H3. The zero-order valence-electron chi connectivity index (χ0n) is 18.2. The molecule has 1 N–H and O–H groups in total. The summed E-state index contributed by atoms with van der Waals surface area (Å²) < 4.78 is 5.92. The first-order valence-corrected chi connectivity index (χ1v) is 11.5. The van der Waals surface area contributed by atoms with Gasteiger partial charge in [0, 0.05) is 39.3 Å². The maximum Gasteiger partial charge on any atom is 0.0900 e. The van der Waals surface area contributed by atoms with E-state index in [9.17, 15) is 5.11 Å². The molecule has 0 aromatic heterocycles. The zero-order valence-corrected chi connectivity index (χ0v) is 18.2. The Kier molecular flexibility index (Phi) is 6.75. The third kappa shape index (κ3) is 5.11. The smallest absolute Gasteiger partial charge is 0.0900 e. The van der Waals surface area contributed by atoms with Crippen LogP contribution in [-0.2, 0) is 11.2 Å². The molecular formula is C25H38N2O2. The van der Waals surface area contributed by atoms with Crippen molar-refractivity contribution >= 4 is 0 Å². The van der Waals surface area contributed by atoms with Crippen LogP contribution in [0.4, 0.5) is 0 Å². The van der Waals surface area contributed by atoms with Gasteiger partial charge in [0.15, 0.2) is 0 Å². The highest BCUT2D eigenvalue weighted by atomic mass is 16.5. The number of aliphatic hydroxyl groups is 1. The second kappa shape index (κ2) is 9.30. The molecule has 4 aliphatic rings. The van der Waals surface area contributed by atoms with E-state index in [0.717, 1.165) is 51.6 Å². The molecule has 1 aliphatic heterocycles. The Morgan fingerprint density at radius 2 is 1.83 bits per heavy atom. The van der Waals surface area contributed by atoms with Gasteiger partial charge in [-0.2, -0.15) is 0 Å². The third-order valence-corrected chi connectivity index (χ3v) is 7.66. The van der Waals surface area contributed by atoms with Gasteiger partial charge in [0.2, 0.25) is 0 Å². The summed E-state index contributed by atoms with van der Waals surface area (Å²) in [4.78, 5) is 4.92. The van der Waals surface area contributed by atoms with Gasteiger partial charge in [0.25, 0.3) is 0 Å². The maximum absolute atomic E-state index is 10.4. The second-order valence-corrected chi connectivity index (χ2v) is 9.87. The fourth-order valence-electron chi connectivity index (χ4n) is 5.43. The van der Waals surface area contributed by atoms with Crippen LogP contribution in [0.2, 0.25) is 0 Å². The molecule has 0 amide bonds. The number of piperazine rings is 1. The van der Waals surface area contributed by atoms with E-state index in [0.29, 0.717) is 24.5 Å². The Balaban J connectivity index is 1.10. The van der Waals surface area contributed by atoms with Crippen LogP contribution in [0.25, 0.3) is 0 Å². The van der Waals surface area contributed by atoms with E-state index in [1.807, 2.05) is 0 Å². The quantitative estimate of drug-likeness (QED) is 0.648. The van der Waals surface area contributed by atoms with Crippen LogP contribution in [-0.4, -0.2) is 73.5 Å². The van der Waals surface area contributed by atoms with Gasteiger partial charge in [-0.3, -0.25) is 4.90 Å². The number of benzene rings is 1. The largest absolute Gasteiger partial charge is 0.389 e. The Bertz CT molecular complexity index is 679. The molecule has 3 atom stereocenters. The van der Waals surface area contributed by atoms with Gasteiger partial charge in [-0.15, -0.1) is 0 Å². The van der Waals surface area contributed by atoms with E-state index in [1.165, 1.54) is 24.0 Å². The Morgan fingerprint density at radius 1 is 1.10 bits per heavy atom. The van der Waals surface area contributed by atoms with Crippen molar-refractivity contribution in [3.05, 3.63) is 47.5 Å². The molecular weight excluding hydrogens is 360 g/mol. The number of aliphatic hydroxyl groups excluding tert-OH is 1. The molecule has 1 heterocycles. The number of fused-ring (bicyclic) bond motifs is 1. The third-order valence-electron chi connectivity index (χ3n) is 7.66. The molecule has 29 heavy (non-hydrogen) atoms. The van der Waals surface area contributed by atoms with Crippen LogP contribution >= 0.6 is 0 Å². The lowest BCUT2D eigenvalue weighted by atomic mass is 9.49. The molecule has 1 aromatic carbocycles. The highest BCUT2D eigenvalue weighted by molar-refractivity contribution is 5.23. The Hall–Kier alpha value is -1.20. The van der Waals surface area contributed by atoms with Gasteiger partial charge >= 0.3 is 0 Å². The minimum Gasteiger partial charge on any atom is -0.389 e. The van der Waals surface area contributed by atoms with Crippen molar-refractivity contribution < 1.29 is 9.84 Å². The van der Waals surface area contributed by atoms with Gasteiger partial charge < -0.3 is 14.7 Å². The first-order chi connectivity index (χ1) is 14.0. The van der Waals surface area contributed by atoms with Crippen molar-refractivity contribution in [3.63, 3.8) is 0 Å². The molecule has 3 aliphatic carbocycles. The van der Waals surface area contributed by atoms with Gasteiger partial charge in [-0.25, -0.2) is 0 Å². The number of β-amino-alcohol motifs (C(OH)–C–C–N with tert-alkyl or cyclic N) is 1. The van der Waals surface area contributed by atoms with E-state index in [2.05, 4.69) is 60.1 Å². The van der Waals surface area contributed by atoms with E-state index in [1.54, 1.807) is 0 Å². The molecule has 2 bridgehead atoms. The summed E-state index contributed by atoms with van der Waals surface area (Å²) in [5.41, 5.74) is 3.33. The molecule has 1 aromatic rings. The Morgan fingerprint density at radius 3 is 2.52 bits per heavy atom. The number of ether oxygens (including phenoxy) is 1. The average Bonchev–Trinajstić information content (AvgIpc) is 2.74. The molecule has 3 unspecified atom stereocenters. The highest BCUT2D eigenvalue weighted by Crippen LogP contribution is 2.59. The number of nitrogens with zero attached hydrogens (tertiary/aromatic N) is 2. The number of hydrogen-bond acceptors (Lipinski definition) is 4. The van der Waals surface area contributed by atoms with Crippen molar-refractivity contribution in [2.75, 3.05) is 52.5 Å². The van der Waals surface area contributed by atoms with Gasteiger partial charge in [0.1, 0.15) is 0 Å². The number of hydrogen-bond donors (Lipinski definition) is 1. The predicted octanol–water partition coefficient (Wildman–Crippen LogP) is 3.22. The highest BCUT2D eigenvalue weighted by Gasteiger charge is 2.50. The summed E-state index contributed by atoms with van der Waals surface area (Å²) in [7, 11) is 0. The molecule has 5 rings (SSSR count). The maximum atomic E-state index is 10.4. The van der Waals surface area contributed by atoms with Crippen LogP contribution in [0.3, 0.4) is 0 Å². The number of allylic oxidation sites excluding steroid dienone is 1. The Labute approximate surface area is 176 Å². The lowest BCUT2D eigenvalue weighted by molar-refractivity contribution is -0.0274. The van der Waals surface area contributed by atoms with E-state index >= 15 is 0 Å². The summed E-state index contributed by atoms with van der Waals surface area (Å²) in [5, 5.41) is 10.4. The van der Waals surface area contributed by atoms with E-state index in [4.69, 9.17) is 4.74 Å². The van der Waals surface area contributed by atoms with Crippen molar-refractivity contribution in [2.45, 2.75) is 39.2 Å². The fourth-order valence-corrected chi connectivity index (χ4v) is 5.43. The average molecular weight is 399 g/mol. The van der Waals surface area contributed by atoms with E-state index in [-0.39, 0.29) is 0 Å². The van der Waals surface area contributed by atoms with Gasteiger partial charge in [0.05, 0.1) is 19.3 Å². The lowest BCUT2D eigenvalue weighted by Crippen LogP contribution is -2.49. The van der Waals surface area contributed by atoms with Crippen molar-refractivity contribution in [3.8, 4) is 0 Å².